The van der Waals surface area contributed by atoms with Crippen LogP contribution >= 0.6 is 11.8 Å². The van der Waals surface area contributed by atoms with Crippen LogP contribution in [0.1, 0.15) is 6.92 Å². The van der Waals surface area contributed by atoms with E-state index in [-0.39, 0.29) is 23.8 Å². The van der Waals surface area contributed by atoms with Crippen LogP contribution in [0.2, 0.25) is 0 Å². The number of aliphatic hydroxyl groups excluding tert-OH is 1. The smallest absolute Gasteiger partial charge is 0.223 e. The van der Waals surface area contributed by atoms with Crippen molar-refractivity contribution in [3.8, 4) is 0 Å². The predicted octanol–water partition coefficient (Wildman–Crippen LogP) is 0.165. The Labute approximate surface area is 98.8 Å². The molecule has 0 saturated heterocycles. The number of nitrogens with zero attached hydrogens (tertiary/aromatic N) is 2. The summed E-state index contributed by atoms with van der Waals surface area (Å²) in [5.74, 6) is 1.04. The number of thioether (sulfide) groups is 1. The van der Waals surface area contributed by atoms with Gasteiger partial charge in [-0.2, -0.15) is 21.7 Å². The lowest BCUT2D eigenvalue weighted by Crippen LogP contribution is -2.31. The molecule has 0 aliphatic rings. The first-order valence-electron chi connectivity index (χ1n) is 4.87. The van der Waals surface area contributed by atoms with Crippen LogP contribution in [0.3, 0.4) is 0 Å². The second kappa shape index (κ2) is 5.76. The topological polar surface area (TPSA) is 110 Å². The van der Waals surface area contributed by atoms with Gasteiger partial charge in [0, 0.05) is 17.4 Å². The maximum Gasteiger partial charge on any atom is 0.223 e. The van der Waals surface area contributed by atoms with E-state index in [0.717, 1.165) is 0 Å². The predicted molar refractivity (Wildman–Crippen MR) is 68.3 cm³/mol. The van der Waals surface area contributed by atoms with E-state index in [4.69, 9.17) is 16.6 Å². The van der Waals surface area contributed by atoms with Crippen molar-refractivity contribution in [1.82, 2.24) is 9.97 Å². The molecule has 1 aromatic rings. The van der Waals surface area contributed by atoms with Crippen molar-refractivity contribution in [3.05, 3.63) is 6.07 Å². The molecule has 6 nitrogen and oxygen atoms in total. The minimum absolute atomic E-state index is 0.0636. The van der Waals surface area contributed by atoms with Gasteiger partial charge in [-0.3, -0.25) is 0 Å². The van der Waals surface area contributed by atoms with E-state index in [9.17, 15) is 0 Å². The lowest BCUT2D eigenvalue weighted by Gasteiger charge is -2.21. The summed E-state index contributed by atoms with van der Waals surface area (Å²) < 4.78 is 0. The lowest BCUT2D eigenvalue weighted by atomic mass is 10.2. The fraction of sp³-hybridized carbons (Fsp3) is 0.556. The number of aromatic nitrogens is 2. The molecule has 0 fully saturated rings. The number of anilines is 3. The van der Waals surface area contributed by atoms with E-state index < -0.39 is 0 Å². The molecule has 90 valence electrons. The third-order valence-corrected chi connectivity index (χ3v) is 3.34. The molecule has 0 saturated carbocycles. The SMILES string of the molecule is CSC(CO)C(C)Nc1cc(N)nc(N)n1. The molecule has 0 aromatic carbocycles. The molecule has 16 heavy (non-hydrogen) atoms. The molecule has 2 atom stereocenters. The summed E-state index contributed by atoms with van der Waals surface area (Å²) in [7, 11) is 0. The van der Waals surface area contributed by atoms with Gasteiger partial charge in [0.2, 0.25) is 5.95 Å². The highest BCUT2D eigenvalue weighted by Gasteiger charge is 2.15. The normalized spacial score (nSPS) is 14.4. The summed E-state index contributed by atoms with van der Waals surface area (Å²) in [5.41, 5.74) is 11.0. The largest absolute Gasteiger partial charge is 0.395 e. The highest BCUT2D eigenvalue weighted by molar-refractivity contribution is 7.99. The molecule has 0 aliphatic heterocycles. The Morgan fingerprint density at radius 1 is 1.50 bits per heavy atom. The Hall–Kier alpha value is -1.21. The number of nitrogens with one attached hydrogen (secondary N) is 1. The molecule has 0 radical (unpaired) electrons. The lowest BCUT2D eigenvalue weighted by molar-refractivity contribution is 0.288. The molecule has 0 aliphatic carbocycles. The van der Waals surface area contributed by atoms with Crippen LogP contribution in [0.15, 0.2) is 6.07 Å². The molecule has 1 heterocycles. The summed E-state index contributed by atoms with van der Waals surface area (Å²) in [5, 5.41) is 12.4. The molecule has 7 heteroatoms. The standard InChI is InChI=1S/C9H17N5OS/c1-5(6(4-15)16-2)12-8-3-7(10)13-9(11)14-8/h3,5-6,15H,4H2,1-2H3,(H5,10,11,12,13,14). The molecule has 0 spiro atoms. The Bertz CT molecular complexity index is 324. The molecule has 6 N–H and O–H groups in total. The summed E-state index contributed by atoms with van der Waals surface area (Å²) >= 11 is 1.59. The number of nitrogens with two attached hydrogens (primary N) is 2. The molecule has 1 aromatic heterocycles. The Morgan fingerprint density at radius 2 is 2.19 bits per heavy atom. The Morgan fingerprint density at radius 3 is 2.69 bits per heavy atom. The van der Waals surface area contributed by atoms with Gasteiger partial charge < -0.3 is 21.9 Å². The molecular formula is C9H17N5OS. The molecular weight excluding hydrogens is 226 g/mol. The van der Waals surface area contributed by atoms with Crippen molar-refractivity contribution in [1.29, 1.82) is 0 Å². The highest BCUT2D eigenvalue weighted by Crippen LogP contribution is 2.16. The van der Waals surface area contributed by atoms with Crippen LogP contribution in [0.5, 0.6) is 0 Å². The van der Waals surface area contributed by atoms with Crippen molar-refractivity contribution in [3.63, 3.8) is 0 Å². The van der Waals surface area contributed by atoms with E-state index in [1.54, 1.807) is 17.8 Å². The number of hydrogen-bond donors (Lipinski definition) is 4. The summed E-state index contributed by atoms with van der Waals surface area (Å²) in [6.07, 6.45) is 1.95. The van der Waals surface area contributed by atoms with E-state index in [1.165, 1.54) is 0 Å². The van der Waals surface area contributed by atoms with Crippen LogP contribution < -0.4 is 16.8 Å². The first kappa shape index (κ1) is 12.9. The van der Waals surface area contributed by atoms with Crippen molar-refractivity contribution in [2.75, 3.05) is 29.6 Å². The van der Waals surface area contributed by atoms with Gasteiger partial charge in [0.1, 0.15) is 11.6 Å². The second-order valence-electron chi connectivity index (χ2n) is 3.43. The second-order valence-corrected chi connectivity index (χ2v) is 4.50. The van der Waals surface area contributed by atoms with E-state index >= 15 is 0 Å². The summed E-state index contributed by atoms with van der Waals surface area (Å²) in [6, 6.07) is 1.68. The van der Waals surface area contributed by atoms with Gasteiger partial charge in [-0.15, -0.1) is 0 Å². The van der Waals surface area contributed by atoms with Gasteiger partial charge in [-0.25, -0.2) is 0 Å². The molecule has 1 rings (SSSR count). The van der Waals surface area contributed by atoms with Crippen LogP contribution in [0.25, 0.3) is 0 Å². The van der Waals surface area contributed by atoms with Gasteiger partial charge in [0.15, 0.2) is 0 Å². The summed E-state index contributed by atoms with van der Waals surface area (Å²) in [4.78, 5) is 7.79. The van der Waals surface area contributed by atoms with Crippen LogP contribution in [0.4, 0.5) is 17.6 Å². The zero-order valence-electron chi connectivity index (χ0n) is 9.34. The molecule has 0 amide bonds. The zero-order chi connectivity index (χ0) is 12.1. The first-order valence-corrected chi connectivity index (χ1v) is 6.15. The fourth-order valence-corrected chi connectivity index (χ4v) is 1.95. The number of hydrogen-bond acceptors (Lipinski definition) is 7. The van der Waals surface area contributed by atoms with Gasteiger partial charge in [0.05, 0.1) is 6.61 Å². The van der Waals surface area contributed by atoms with E-state index in [2.05, 4.69) is 15.3 Å². The van der Waals surface area contributed by atoms with Gasteiger partial charge in [-0.05, 0) is 13.2 Å². The fourth-order valence-electron chi connectivity index (χ4n) is 1.32. The average Bonchev–Trinajstić information content (AvgIpc) is 2.17. The van der Waals surface area contributed by atoms with E-state index in [0.29, 0.717) is 11.6 Å². The number of aliphatic hydroxyl groups is 1. The minimum atomic E-state index is 0.0636. The number of nitrogen functional groups attached to an aromatic ring is 2. The van der Waals surface area contributed by atoms with Crippen LogP contribution in [-0.2, 0) is 0 Å². The van der Waals surface area contributed by atoms with Gasteiger partial charge in [-0.1, -0.05) is 0 Å². The average molecular weight is 243 g/mol. The van der Waals surface area contributed by atoms with Gasteiger partial charge >= 0.3 is 0 Å². The van der Waals surface area contributed by atoms with Crippen molar-refractivity contribution < 1.29 is 5.11 Å². The first-order chi connectivity index (χ1) is 7.56. The van der Waals surface area contributed by atoms with Crippen LogP contribution in [-0.4, -0.2) is 39.2 Å². The third-order valence-electron chi connectivity index (χ3n) is 2.18. The van der Waals surface area contributed by atoms with Crippen molar-refractivity contribution in [2.45, 2.75) is 18.2 Å². The van der Waals surface area contributed by atoms with E-state index in [1.807, 2.05) is 13.2 Å². The summed E-state index contributed by atoms with van der Waals surface area (Å²) in [6.45, 7) is 2.07. The van der Waals surface area contributed by atoms with Crippen molar-refractivity contribution >= 4 is 29.3 Å². The van der Waals surface area contributed by atoms with Crippen LogP contribution in [0, 0.1) is 0 Å². The number of rotatable bonds is 5. The quantitative estimate of drug-likeness (QED) is 0.583. The third kappa shape index (κ3) is 3.42. The van der Waals surface area contributed by atoms with Gasteiger partial charge in [0.25, 0.3) is 0 Å². The monoisotopic (exact) mass is 243 g/mol. The van der Waals surface area contributed by atoms with Crippen molar-refractivity contribution in [2.24, 2.45) is 0 Å². The Kier molecular flexibility index (Phi) is 4.63. The Balaban J connectivity index is 2.72. The molecule has 0 bridgehead atoms. The molecule has 2 unspecified atom stereocenters. The zero-order valence-corrected chi connectivity index (χ0v) is 10.2. The maximum atomic E-state index is 9.14. The maximum absolute atomic E-state index is 9.14. The highest BCUT2D eigenvalue weighted by atomic mass is 32.2. The minimum Gasteiger partial charge on any atom is -0.395 e.